The molecule has 0 unspecified atom stereocenters. The van der Waals surface area contributed by atoms with Crippen LogP contribution in [0.4, 0.5) is 18.9 Å². The highest BCUT2D eigenvalue weighted by atomic mass is 35.5. The Morgan fingerprint density at radius 1 is 1.11 bits per heavy atom. The summed E-state index contributed by atoms with van der Waals surface area (Å²) < 4.78 is 53.4. The van der Waals surface area contributed by atoms with Crippen molar-refractivity contribution in [1.29, 1.82) is 0 Å². The second-order valence-corrected chi connectivity index (χ2v) is 7.61. The Bertz CT molecular complexity index is 1450. The fourth-order valence-electron chi connectivity index (χ4n) is 3.31. The van der Waals surface area contributed by atoms with Gasteiger partial charge in [-0.25, -0.2) is 14.6 Å². The number of hydrogen-bond acceptors (Lipinski definition) is 8. The highest BCUT2D eigenvalue weighted by Gasteiger charge is 2.41. The quantitative estimate of drug-likeness (QED) is 0.426. The van der Waals surface area contributed by atoms with Crippen LogP contribution in [0.5, 0.6) is 0 Å². The summed E-state index contributed by atoms with van der Waals surface area (Å²) in [6.07, 6.45) is 1.25. The van der Waals surface area contributed by atoms with Crippen LogP contribution in [0.25, 0.3) is 17.4 Å². The standard InChI is InChI=1S/C21H14ClF3N8O3/c22-14-8-12(9-26-19(14)33-27-4-5-28-33)30-20(34)13-10-29-32(18(13)21(23,24)25)17-3-1-2-15(31-17)16-11-35-6-7-36-16/h1-5,8-11H,6-7H2,(H,30,34). The third kappa shape index (κ3) is 4.57. The van der Waals surface area contributed by atoms with Gasteiger partial charge in [0, 0.05) is 0 Å². The molecule has 0 aliphatic carbocycles. The van der Waals surface area contributed by atoms with Crippen LogP contribution in [0.1, 0.15) is 21.7 Å². The molecule has 0 saturated heterocycles. The van der Waals surface area contributed by atoms with E-state index in [9.17, 15) is 18.0 Å². The number of alkyl halides is 3. The summed E-state index contributed by atoms with van der Waals surface area (Å²) in [6, 6.07) is 5.67. The number of nitrogens with zero attached hydrogens (tertiary/aromatic N) is 7. The first-order valence-electron chi connectivity index (χ1n) is 10.2. The van der Waals surface area contributed by atoms with Gasteiger partial charge in [-0.15, -0.1) is 4.80 Å². The summed E-state index contributed by atoms with van der Waals surface area (Å²) in [4.78, 5) is 22.2. The Labute approximate surface area is 205 Å². The molecular formula is C21H14ClF3N8O3. The molecule has 5 heterocycles. The molecule has 1 aliphatic rings. The van der Waals surface area contributed by atoms with E-state index in [2.05, 4.69) is 30.6 Å². The molecule has 1 amide bonds. The van der Waals surface area contributed by atoms with Gasteiger partial charge in [0.15, 0.2) is 23.1 Å². The number of anilines is 1. The molecule has 11 nitrogen and oxygen atoms in total. The lowest BCUT2D eigenvalue weighted by atomic mass is 10.2. The van der Waals surface area contributed by atoms with Crippen LogP contribution in [-0.4, -0.2) is 53.9 Å². The minimum absolute atomic E-state index is 0.0586. The lowest BCUT2D eigenvalue weighted by Crippen LogP contribution is -2.21. The molecule has 0 fully saturated rings. The van der Waals surface area contributed by atoms with E-state index in [0.717, 1.165) is 11.0 Å². The molecule has 0 radical (unpaired) electrons. The highest BCUT2D eigenvalue weighted by Crippen LogP contribution is 2.34. The van der Waals surface area contributed by atoms with Gasteiger partial charge in [0.1, 0.15) is 25.2 Å². The van der Waals surface area contributed by atoms with E-state index >= 15 is 0 Å². The molecule has 0 bridgehead atoms. The number of ether oxygens (including phenoxy) is 2. The smallest absolute Gasteiger partial charge is 0.434 e. The van der Waals surface area contributed by atoms with E-state index in [1.165, 1.54) is 43.1 Å². The van der Waals surface area contributed by atoms with Gasteiger partial charge < -0.3 is 14.8 Å². The van der Waals surface area contributed by atoms with Gasteiger partial charge in [0.05, 0.1) is 41.1 Å². The molecule has 1 aliphatic heterocycles. The van der Waals surface area contributed by atoms with E-state index in [1.807, 2.05) is 0 Å². The van der Waals surface area contributed by atoms with Crippen molar-refractivity contribution in [3.8, 4) is 11.6 Å². The summed E-state index contributed by atoms with van der Waals surface area (Å²) >= 11 is 6.17. The molecule has 15 heteroatoms. The SMILES string of the molecule is O=C(Nc1cnc(-n2nccn2)c(Cl)c1)c1cnn(-c2cccc(C3=COCCO3)n2)c1C(F)(F)F. The zero-order valence-corrected chi connectivity index (χ0v) is 18.7. The first-order chi connectivity index (χ1) is 17.3. The summed E-state index contributed by atoms with van der Waals surface area (Å²) in [5.74, 6) is -0.800. The number of rotatable bonds is 5. The molecule has 5 rings (SSSR count). The monoisotopic (exact) mass is 518 g/mol. The average molecular weight is 519 g/mol. The first kappa shape index (κ1) is 23.3. The third-order valence-corrected chi connectivity index (χ3v) is 5.10. The van der Waals surface area contributed by atoms with Gasteiger partial charge in [0.2, 0.25) is 0 Å². The molecule has 4 aromatic rings. The van der Waals surface area contributed by atoms with E-state index < -0.39 is 23.3 Å². The maximum absolute atomic E-state index is 14.1. The fraction of sp³-hybridized carbons (Fsp3) is 0.143. The van der Waals surface area contributed by atoms with Crippen molar-refractivity contribution in [2.45, 2.75) is 6.18 Å². The Balaban J connectivity index is 1.46. The van der Waals surface area contributed by atoms with Gasteiger partial charge in [-0.05, 0) is 18.2 Å². The van der Waals surface area contributed by atoms with Gasteiger partial charge in [0.25, 0.3) is 5.91 Å². The maximum atomic E-state index is 14.1. The number of carbonyl (C=O) groups excluding carboxylic acids is 1. The van der Waals surface area contributed by atoms with Crippen molar-refractivity contribution in [1.82, 2.24) is 34.7 Å². The highest BCUT2D eigenvalue weighted by molar-refractivity contribution is 6.32. The van der Waals surface area contributed by atoms with Crippen molar-refractivity contribution in [2.75, 3.05) is 18.5 Å². The fourth-order valence-corrected chi connectivity index (χ4v) is 3.55. The van der Waals surface area contributed by atoms with E-state index in [4.69, 9.17) is 21.1 Å². The van der Waals surface area contributed by atoms with Crippen LogP contribution in [0, 0.1) is 0 Å². The second kappa shape index (κ2) is 9.30. The molecule has 0 saturated carbocycles. The Hall–Kier alpha value is -4.46. The molecule has 0 aromatic carbocycles. The second-order valence-electron chi connectivity index (χ2n) is 7.20. The predicted octanol–water partition coefficient (Wildman–Crippen LogP) is 3.51. The topological polar surface area (TPSA) is 122 Å². The van der Waals surface area contributed by atoms with Gasteiger partial charge >= 0.3 is 6.18 Å². The molecule has 0 spiro atoms. The number of nitrogens with one attached hydrogen (secondary N) is 1. The van der Waals surface area contributed by atoms with Crippen molar-refractivity contribution in [3.05, 3.63) is 77.3 Å². The van der Waals surface area contributed by atoms with Crippen LogP contribution in [-0.2, 0) is 15.7 Å². The van der Waals surface area contributed by atoms with Crippen LogP contribution >= 0.6 is 11.6 Å². The van der Waals surface area contributed by atoms with Gasteiger partial charge in [-0.3, -0.25) is 4.79 Å². The molecule has 36 heavy (non-hydrogen) atoms. The molecular weight excluding hydrogens is 505 g/mol. The number of amides is 1. The number of carbonyl (C=O) groups is 1. The Morgan fingerprint density at radius 2 is 1.92 bits per heavy atom. The first-order valence-corrected chi connectivity index (χ1v) is 10.6. The lowest BCUT2D eigenvalue weighted by Gasteiger charge is -2.16. The van der Waals surface area contributed by atoms with Gasteiger partial charge in [-0.1, -0.05) is 17.7 Å². The number of halogens is 4. The van der Waals surface area contributed by atoms with E-state index in [-0.39, 0.29) is 40.4 Å². The maximum Gasteiger partial charge on any atom is 0.434 e. The van der Waals surface area contributed by atoms with Crippen LogP contribution in [0.3, 0.4) is 0 Å². The normalized spacial score (nSPS) is 13.5. The molecule has 0 atom stereocenters. The van der Waals surface area contributed by atoms with Crippen LogP contribution < -0.4 is 5.32 Å². The molecule has 184 valence electrons. The Morgan fingerprint density at radius 3 is 2.61 bits per heavy atom. The molecule has 4 aromatic heterocycles. The van der Waals surface area contributed by atoms with E-state index in [0.29, 0.717) is 11.3 Å². The lowest BCUT2D eigenvalue weighted by molar-refractivity contribution is -0.143. The van der Waals surface area contributed by atoms with Crippen LogP contribution in [0.2, 0.25) is 5.02 Å². The van der Waals surface area contributed by atoms with Gasteiger partial charge in [-0.2, -0.15) is 28.5 Å². The van der Waals surface area contributed by atoms with Crippen molar-refractivity contribution in [2.24, 2.45) is 0 Å². The van der Waals surface area contributed by atoms with Crippen molar-refractivity contribution >= 4 is 29.0 Å². The minimum atomic E-state index is -4.93. The number of hydrogen-bond donors (Lipinski definition) is 1. The zero-order chi connectivity index (χ0) is 25.3. The summed E-state index contributed by atoms with van der Waals surface area (Å²) in [5.41, 5.74) is -1.73. The largest absolute Gasteiger partial charge is 0.494 e. The number of pyridine rings is 2. The van der Waals surface area contributed by atoms with E-state index in [1.54, 1.807) is 6.07 Å². The summed E-state index contributed by atoms with van der Waals surface area (Å²) in [6.45, 7) is 0.624. The average Bonchev–Trinajstić information content (AvgIpc) is 3.55. The summed E-state index contributed by atoms with van der Waals surface area (Å²) in [5, 5.41) is 14.0. The van der Waals surface area contributed by atoms with Crippen LogP contribution in [0.15, 0.2) is 55.3 Å². The van der Waals surface area contributed by atoms with Crippen molar-refractivity contribution < 1.29 is 27.4 Å². The third-order valence-electron chi connectivity index (χ3n) is 4.82. The summed E-state index contributed by atoms with van der Waals surface area (Å²) in [7, 11) is 0. The van der Waals surface area contributed by atoms with Crippen molar-refractivity contribution in [3.63, 3.8) is 0 Å². The number of aromatic nitrogens is 7. The predicted molar refractivity (Wildman–Crippen MR) is 118 cm³/mol. The zero-order valence-electron chi connectivity index (χ0n) is 18.0. The molecule has 1 N–H and O–H groups in total. The minimum Gasteiger partial charge on any atom is -0.494 e. The Kier molecular flexibility index (Phi) is 6.01.